The van der Waals surface area contributed by atoms with Gasteiger partial charge in [-0.25, -0.2) is 0 Å². The highest BCUT2D eigenvalue weighted by Gasteiger charge is 2.09. The zero-order valence-electron chi connectivity index (χ0n) is 21.8. The normalized spacial score (nSPS) is 9.81. The molecule has 42 heavy (non-hydrogen) atoms. The van der Waals surface area contributed by atoms with Crippen LogP contribution in [0.5, 0.6) is 46.0 Å². The molecule has 0 saturated heterocycles. The minimum Gasteiger partial charge on any atom is -0.457 e. The average Bonchev–Trinajstić information content (AvgIpc) is 3.01. The first kappa shape index (κ1) is 26.9. The minimum atomic E-state index is 0.235. The summed E-state index contributed by atoms with van der Waals surface area (Å²) in [5.74, 6) is 3.95. The summed E-state index contributed by atoms with van der Waals surface area (Å²) in [6, 6.07) is 38.5. The molecule has 5 aromatic rings. The lowest BCUT2D eigenvalue weighted by Gasteiger charge is -2.12. The molecule has 0 radical (unpaired) electrons. The maximum Gasteiger partial charge on any atom is 0.131 e. The van der Waals surface area contributed by atoms with E-state index in [2.05, 4.69) is 0 Å². The van der Waals surface area contributed by atoms with Crippen molar-refractivity contribution in [3.05, 3.63) is 131 Å². The third kappa shape index (κ3) is 6.45. The van der Waals surface area contributed by atoms with Gasteiger partial charge in [0.15, 0.2) is 0 Å². The molecule has 0 fully saturated rings. The van der Waals surface area contributed by atoms with Gasteiger partial charge in [0.1, 0.15) is 70.3 Å². The van der Waals surface area contributed by atoms with E-state index in [4.69, 9.17) is 29.5 Å². The summed E-state index contributed by atoms with van der Waals surface area (Å²) >= 11 is 0. The zero-order valence-corrected chi connectivity index (χ0v) is 21.8. The van der Waals surface area contributed by atoms with Crippen molar-refractivity contribution < 1.29 is 18.9 Å². The molecule has 0 aromatic heterocycles. The van der Waals surface area contributed by atoms with E-state index in [1.165, 1.54) is 12.1 Å². The second kappa shape index (κ2) is 12.4. The van der Waals surface area contributed by atoms with Crippen molar-refractivity contribution in [1.29, 1.82) is 21.0 Å². The first-order valence-corrected chi connectivity index (χ1v) is 12.5. The molecule has 0 spiro atoms. The lowest BCUT2D eigenvalue weighted by Crippen LogP contribution is -1.91. The number of ether oxygens (including phenoxy) is 4. The predicted molar refractivity (Wildman–Crippen MR) is 151 cm³/mol. The predicted octanol–water partition coefficient (Wildman–Crippen LogP) is 8.34. The average molecular weight is 547 g/mol. The van der Waals surface area contributed by atoms with E-state index in [1.54, 1.807) is 97.1 Å². The smallest absolute Gasteiger partial charge is 0.131 e. The molecule has 5 aromatic carbocycles. The number of benzene rings is 5. The number of nitrogens with zero attached hydrogens (tertiary/aromatic N) is 4. The third-order valence-corrected chi connectivity index (χ3v) is 5.82. The Morgan fingerprint density at radius 2 is 0.571 bits per heavy atom. The molecule has 0 unspecified atom stereocenters. The van der Waals surface area contributed by atoms with Gasteiger partial charge in [-0.3, -0.25) is 0 Å². The molecule has 0 bridgehead atoms. The van der Waals surface area contributed by atoms with E-state index in [1.807, 2.05) is 24.3 Å². The van der Waals surface area contributed by atoms with Crippen LogP contribution in [0.25, 0.3) is 0 Å². The number of rotatable bonds is 8. The molecule has 5 rings (SSSR count). The highest BCUT2D eigenvalue weighted by atomic mass is 16.5. The molecule has 198 valence electrons. The van der Waals surface area contributed by atoms with Crippen LogP contribution in [0.4, 0.5) is 0 Å². The largest absolute Gasteiger partial charge is 0.457 e. The highest BCUT2D eigenvalue weighted by Crippen LogP contribution is 2.33. The van der Waals surface area contributed by atoms with E-state index in [0.717, 1.165) is 0 Å². The highest BCUT2D eigenvalue weighted by molar-refractivity contribution is 5.52. The van der Waals surface area contributed by atoms with Crippen molar-refractivity contribution in [2.24, 2.45) is 0 Å². The fourth-order valence-corrected chi connectivity index (χ4v) is 3.90. The molecule has 0 aliphatic carbocycles. The van der Waals surface area contributed by atoms with Crippen molar-refractivity contribution in [2.75, 3.05) is 0 Å². The van der Waals surface area contributed by atoms with Gasteiger partial charge in [0, 0.05) is 18.2 Å². The van der Waals surface area contributed by atoms with Crippen LogP contribution in [0.3, 0.4) is 0 Å². The van der Waals surface area contributed by atoms with Crippen molar-refractivity contribution >= 4 is 0 Å². The van der Waals surface area contributed by atoms with Gasteiger partial charge in [0.05, 0.1) is 22.3 Å². The van der Waals surface area contributed by atoms with Crippen LogP contribution >= 0.6 is 0 Å². The molecule has 0 aliphatic rings. The Morgan fingerprint density at radius 3 is 0.833 bits per heavy atom. The SMILES string of the molecule is N#Cc1ccc(Oc2cccc(Oc3cccc(Oc4cccc(Oc5ccc(C#N)c(C#N)c5)c4)c3)c2)cc1C#N. The summed E-state index contributed by atoms with van der Waals surface area (Å²) in [5, 5.41) is 36.8. The standard InChI is InChI=1S/C34H18N4O4/c35-19-23-10-12-33(14-25(23)21-37)41-31-8-2-6-29(17-31)39-27-4-1-5-28(16-27)40-30-7-3-9-32(18-30)42-34-13-11-24(20-36)26(15-34)22-38/h1-18H. The van der Waals surface area contributed by atoms with E-state index in [0.29, 0.717) is 46.0 Å². The Hall–Kier alpha value is -6.74. The second-order valence-corrected chi connectivity index (χ2v) is 8.69. The number of hydrogen-bond donors (Lipinski definition) is 0. The van der Waals surface area contributed by atoms with Crippen LogP contribution in [0.15, 0.2) is 109 Å². The molecule has 0 aliphatic heterocycles. The Morgan fingerprint density at radius 1 is 0.310 bits per heavy atom. The minimum absolute atomic E-state index is 0.235. The molecule has 0 heterocycles. The summed E-state index contributed by atoms with van der Waals surface area (Å²) in [7, 11) is 0. The van der Waals surface area contributed by atoms with Gasteiger partial charge < -0.3 is 18.9 Å². The lowest BCUT2D eigenvalue weighted by atomic mass is 10.1. The first-order valence-electron chi connectivity index (χ1n) is 12.5. The van der Waals surface area contributed by atoms with Crippen LogP contribution in [-0.2, 0) is 0 Å². The molecule has 0 amide bonds. The summed E-state index contributed by atoms with van der Waals surface area (Å²) in [5.41, 5.74) is 1.03. The van der Waals surface area contributed by atoms with Crippen molar-refractivity contribution in [3.63, 3.8) is 0 Å². The van der Waals surface area contributed by atoms with Crippen LogP contribution in [0.2, 0.25) is 0 Å². The van der Waals surface area contributed by atoms with E-state index in [9.17, 15) is 10.5 Å². The monoisotopic (exact) mass is 546 g/mol. The fourth-order valence-electron chi connectivity index (χ4n) is 3.90. The quantitative estimate of drug-likeness (QED) is 0.190. The van der Waals surface area contributed by atoms with Crippen molar-refractivity contribution in [2.45, 2.75) is 0 Å². The summed E-state index contributed by atoms with van der Waals surface area (Å²) in [4.78, 5) is 0. The summed E-state index contributed by atoms with van der Waals surface area (Å²) < 4.78 is 23.8. The third-order valence-electron chi connectivity index (χ3n) is 5.82. The molecular formula is C34H18N4O4. The maximum absolute atomic E-state index is 9.26. The van der Waals surface area contributed by atoms with Gasteiger partial charge in [0.25, 0.3) is 0 Å². The Balaban J connectivity index is 1.27. The summed E-state index contributed by atoms with van der Waals surface area (Å²) in [6.45, 7) is 0. The van der Waals surface area contributed by atoms with Crippen LogP contribution in [0, 0.1) is 45.3 Å². The number of hydrogen-bond acceptors (Lipinski definition) is 8. The zero-order chi connectivity index (χ0) is 29.3. The van der Waals surface area contributed by atoms with Gasteiger partial charge in [-0.2, -0.15) is 21.0 Å². The molecule has 0 N–H and O–H groups in total. The first-order chi connectivity index (χ1) is 20.6. The number of nitriles is 4. The lowest BCUT2D eigenvalue weighted by molar-refractivity contribution is 0.447. The molecule has 0 atom stereocenters. The van der Waals surface area contributed by atoms with Crippen molar-refractivity contribution in [3.8, 4) is 70.3 Å². The van der Waals surface area contributed by atoms with E-state index < -0.39 is 0 Å². The Kier molecular flexibility index (Phi) is 7.93. The van der Waals surface area contributed by atoms with Gasteiger partial charge in [0.2, 0.25) is 0 Å². The molecular weight excluding hydrogens is 528 g/mol. The topological polar surface area (TPSA) is 132 Å². The second-order valence-electron chi connectivity index (χ2n) is 8.69. The summed E-state index contributed by atoms with van der Waals surface area (Å²) in [6.07, 6.45) is 0. The van der Waals surface area contributed by atoms with Crippen LogP contribution < -0.4 is 18.9 Å². The Labute approximate surface area is 241 Å². The molecule has 0 saturated carbocycles. The van der Waals surface area contributed by atoms with Crippen LogP contribution in [-0.4, -0.2) is 0 Å². The van der Waals surface area contributed by atoms with Crippen LogP contribution in [0.1, 0.15) is 22.3 Å². The van der Waals surface area contributed by atoms with Gasteiger partial charge >= 0.3 is 0 Å². The van der Waals surface area contributed by atoms with Gasteiger partial charge in [-0.05, 0) is 72.8 Å². The van der Waals surface area contributed by atoms with Gasteiger partial charge in [-0.15, -0.1) is 0 Å². The fraction of sp³-hybridized carbons (Fsp3) is 0. The van der Waals surface area contributed by atoms with Gasteiger partial charge in [-0.1, -0.05) is 18.2 Å². The Bertz CT molecular complexity index is 1820. The van der Waals surface area contributed by atoms with E-state index in [-0.39, 0.29) is 22.3 Å². The maximum atomic E-state index is 9.26. The molecule has 8 heteroatoms. The molecule has 8 nitrogen and oxygen atoms in total. The van der Waals surface area contributed by atoms with Crippen molar-refractivity contribution in [1.82, 2.24) is 0 Å². The van der Waals surface area contributed by atoms with E-state index >= 15 is 0 Å².